The summed E-state index contributed by atoms with van der Waals surface area (Å²) in [6, 6.07) is 9.49. The van der Waals surface area contributed by atoms with E-state index in [1.54, 1.807) is 0 Å². The smallest absolute Gasteiger partial charge is 0.270 e. The van der Waals surface area contributed by atoms with E-state index in [-0.39, 0.29) is 35.8 Å². The number of hydrazone groups is 1. The Kier molecular flexibility index (Phi) is 5.54. The molecule has 2 saturated heterocycles. The zero-order valence-electron chi connectivity index (χ0n) is 16.2. The number of hydrogen-bond acceptors (Lipinski definition) is 5. The quantitative estimate of drug-likeness (QED) is 0.751. The largest absolute Gasteiger partial charge is 0.331 e. The van der Waals surface area contributed by atoms with Gasteiger partial charge in [-0.05, 0) is 24.8 Å². The summed E-state index contributed by atoms with van der Waals surface area (Å²) in [7, 11) is -3.13. The molecule has 29 heavy (non-hydrogen) atoms. The third-order valence-electron chi connectivity index (χ3n) is 5.73. The van der Waals surface area contributed by atoms with Crippen LogP contribution in [0.25, 0.3) is 6.08 Å². The molecule has 0 spiro atoms. The van der Waals surface area contributed by atoms with E-state index in [4.69, 9.17) is 0 Å². The first-order valence-electron chi connectivity index (χ1n) is 10.1. The van der Waals surface area contributed by atoms with Crippen LogP contribution >= 0.6 is 0 Å². The van der Waals surface area contributed by atoms with Crippen molar-refractivity contribution in [2.45, 2.75) is 44.2 Å². The molecule has 2 fully saturated rings. The van der Waals surface area contributed by atoms with Crippen molar-refractivity contribution >= 4 is 33.4 Å². The molecule has 3 heterocycles. The maximum Gasteiger partial charge on any atom is 0.270 e. The summed E-state index contributed by atoms with van der Waals surface area (Å²) in [5, 5.41) is 5.58. The predicted octanol–water partition coefficient (Wildman–Crippen LogP) is 1.86. The Morgan fingerprint density at radius 3 is 2.66 bits per heavy atom. The van der Waals surface area contributed by atoms with E-state index in [0.29, 0.717) is 25.1 Å². The monoisotopic (exact) mass is 415 g/mol. The standard InChI is InChI=1S/C21H25N3O4S/c25-20-11-10-19(22-24(20)18-12-14-29(27,28)15-18)21(26)23-13-4-7-17(23)9-8-16-5-2-1-3-6-16/h1-3,5-6,8-9,17-18H,4,7,10-15H2/b9-8+. The minimum atomic E-state index is -3.13. The molecule has 8 heteroatoms. The first kappa shape index (κ1) is 19.8. The van der Waals surface area contributed by atoms with E-state index in [9.17, 15) is 18.0 Å². The van der Waals surface area contributed by atoms with Crippen LogP contribution in [0.2, 0.25) is 0 Å². The lowest BCUT2D eigenvalue weighted by Gasteiger charge is -2.30. The lowest BCUT2D eigenvalue weighted by Crippen LogP contribution is -2.45. The van der Waals surface area contributed by atoms with E-state index in [2.05, 4.69) is 11.2 Å². The van der Waals surface area contributed by atoms with Gasteiger partial charge >= 0.3 is 0 Å². The second-order valence-corrected chi connectivity index (χ2v) is 10.0. The molecule has 0 aromatic heterocycles. The highest BCUT2D eigenvalue weighted by atomic mass is 32.2. The molecule has 2 atom stereocenters. The maximum absolute atomic E-state index is 13.1. The van der Waals surface area contributed by atoms with Crippen LogP contribution in [0.1, 0.15) is 37.7 Å². The van der Waals surface area contributed by atoms with Gasteiger partial charge < -0.3 is 4.90 Å². The molecule has 0 radical (unpaired) electrons. The Bertz CT molecular complexity index is 955. The average Bonchev–Trinajstić information content (AvgIpc) is 3.33. The molecule has 2 unspecified atom stereocenters. The van der Waals surface area contributed by atoms with Gasteiger partial charge in [-0.15, -0.1) is 0 Å². The number of amides is 2. The molecule has 3 aliphatic heterocycles. The summed E-state index contributed by atoms with van der Waals surface area (Å²) >= 11 is 0. The highest BCUT2D eigenvalue weighted by molar-refractivity contribution is 7.91. The Morgan fingerprint density at radius 2 is 1.93 bits per heavy atom. The fraction of sp³-hybridized carbons (Fsp3) is 0.476. The summed E-state index contributed by atoms with van der Waals surface area (Å²) in [4.78, 5) is 27.2. The zero-order chi connectivity index (χ0) is 20.4. The predicted molar refractivity (Wildman–Crippen MR) is 111 cm³/mol. The number of sulfone groups is 1. The number of likely N-dealkylation sites (tertiary alicyclic amines) is 1. The molecule has 0 saturated carbocycles. The molecule has 0 bridgehead atoms. The van der Waals surface area contributed by atoms with Crippen molar-refractivity contribution in [3.8, 4) is 0 Å². The van der Waals surface area contributed by atoms with Crippen LogP contribution in [0.5, 0.6) is 0 Å². The molecule has 4 rings (SSSR count). The van der Waals surface area contributed by atoms with Crippen LogP contribution in [-0.2, 0) is 19.4 Å². The van der Waals surface area contributed by atoms with Gasteiger partial charge in [-0.2, -0.15) is 5.10 Å². The number of carbonyl (C=O) groups is 2. The van der Waals surface area contributed by atoms with E-state index in [1.165, 1.54) is 5.01 Å². The Balaban J connectivity index is 1.49. The molecular weight excluding hydrogens is 390 g/mol. The van der Waals surface area contributed by atoms with Crippen molar-refractivity contribution in [3.63, 3.8) is 0 Å². The number of hydrogen-bond donors (Lipinski definition) is 0. The van der Waals surface area contributed by atoms with Crippen LogP contribution in [0, 0.1) is 0 Å². The van der Waals surface area contributed by atoms with E-state index in [0.717, 1.165) is 18.4 Å². The van der Waals surface area contributed by atoms with Crippen LogP contribution in [-0.4, -0.2) is 66.0 Å². The van der Waals surface area contributed by atoms with Crippen molar-refractivity contribution in [1.29, 1.82) is 0 Å². The van der Waals surface area contributed by atoms with Gasteiger partial charge in [0, 0.05) is 19.4 Å². The third kappa shape index (κ3) is 4.42. The summed E-state index contributed by atoms with van der Waals surface area (Å²) in [6.45, 7) is 0.660. The van der Waals surface area contributed by atoms with E-state index in [1.807, 2.05) is 41.3 Å². The first-order valence-corrected chi connectivity index (χ1v) is 11.9. The van der Waals surface area contributed by atoms with Crippen molar-refractivity contribution in [2.24, 2.45) is 5.10 Å². The van der Waals surface area contributed by atoms with Gasteiger partial charge in [0.1, 0.15) is 5.71 Å². The second-order valence-electron chi connectivity index (χ2n) is 7.82. The van der Waals surface area contributed by atoms with Gasteiger partial charge in [-0.3, -0.25) is 9.59 Å². The number of nitrogens with zero attached hydrogens (tertiary/aromatic N) is 3. The molecule has 154 valence electrons. The van der Waals surface area contributed by atoms with Crippen molar-refractivity contribution in [1.82, 2.24) is 9.91 Å². The van der Waals surface area contributed by atoms with Crippen LogP contribution < -0.4 is 0 Å². The molecule has 7 nitrogen and oxygen atoms in total. The SMILES string of the molecule is O=C(C1=NN(C2CCS(=O)(=O)C2)C(=O)CC1)N1CCCC1/C=C/c1ccccc1. The topological polar surface area (TPSA) is 87.1 Å². The summed E-state index contributed by atoms with van der Waals surface area (Å²) < 4.78 is 23.6. The van der Waals surface area contributed by atoms with Gasteiger partial charge in [0.05, 0.1) is 23.6 Å². The number of rotatable bonds is 4. The molecule has 2 amide bonds. The number of carbonyl (C=O) groups excluding carboxylic acids is 2. The highest BCUT2D eigenvalue weighted by Gasteiger charge is 2.38. The van der Waals surface area contributed by atoms with Gasteiger partial charge in [0.2, 0.25) is 5.91 Å². The maximum atomic E-state index is 13.1. The lowest BCUT2D eigenvalue weighted by atomic mass is 10.1. The van der Waals surface area contributed by atoms with Crippen molar-refractivity contribution in [3.05, 3.63) is 42.0 Å². The summed E-state index contributed by atoms with van der Waals surface area (Å²) in [5.41, 5.74) is 1.44. The van der Waals surface area contributed by atoms with Gasteiger partial charge in [-0.25, -0.2) is 13.4 Å². The summed E-state index contributed by atoms with van der Waals surface area (Å²) in [6.07, 6.45) is 6.77. The van der Waals surface area contributed by atoms with Gasteiger partial charge in [-0.1, -0.05) is 42.5 Å². The van der Waals surface area contributed by atoms with E-state index >= 15 is 0 Å². The Hall–Kier alpha value is -2.48. The fourth-order valence-electron chi connectivity index (χ4n) is 4.18. The van der Waals surface area contributed by atoms with Crippen LogP contribution in [0.15, 0.2) is 41.5 Å². The third-order valence-corrected chi connectivity index (χ3v) is 7.48. The van der Waals surface area contributed by atoms with E-state index < -0.39 is 15.9 Å². The summed E-state index contributed by atoms with van der Waals surface area (Å²) in [5.74, 6) is -0.358. The second kappa shape index (κ2) is 8.10. The normalized spacial score (nSPS) is 26.9. The van der Waals surface area contributed by atoms with Crippen molar-refractivity contribution in [2.75, 3.05) is 18.1 Å². The fourth-order valence-corrected chi connectivity index (χ4v) is 5.87. The minimum Gasteiger partial charge on any atom is -0.331 e. The highest BCUT2D eigenvalue weighted by Crippen LogP contribution is 2.25. The molecule has 0 aliphatic carbocycles. The molecule has 1 aromatic rings. The van der Waals surface area contributed by atoms with Crippen LogP contribution in [0.4, 0.5) is 0 Å². The molecule has 0 N–H and O–H groups in total. The Morgan fingerprint density at radius 1 is 1.14 bits per heavy atom. The lowest BCUT2D eigenvalue weighted by molar-refractivity contribution is -0.134. The first-order chi connectivity index (χ1) is 13.9. The van der Waals surface area contributed by atoms with Gasteiger partial charge in [0.25, 0.3) is 5.91 Å². The zero-order valence-corrected chi connectivity index (χ0v) is 17.1. The van der Waals surface area contributed by atoms with Crippen molar-refractivity contribution < 1.29 is 18.0 Å². The number of benzene rings is 1. The molecule has 3 aliphatic rings. The van der Waals surface area contributed by atoms with Gasteiger partial charge in [0.15, 0.2) is 9.84 Å². The molecule has 1 aromatic carbocycles. The average molecular weight is 416 g/mol. The molecular formula is C21H25N3O4S. The Labute approximate surface area is 171 Å². The van der Waals surface area contributed by atoms with Crippen LogP contribution in [0.3, 0.4) is 0 Å². The minimum absolute atomic E-state index is 0.00309.